The molecular formula is C19H15ClN2O4S. The van der Waals surface area contributed by atoms with Gasteiger partial charge < -0.3 is 10.1 Å². The van der Waals surface area contributed by atoms with Crippen molar-refractivity contribution < 1.29 is 19.1 Å². The minimum absolute atomic E-state index is 0.0105. The Bertz CT molecular complexity index is 924. The summed E-state index contributed by atoms with van der Waals surface area (Å²) in [5, 5.41) is 11.6. The van der Waals surface area contributed by atoms with E-state index in [1.807, 2.05) is 6.07 Å². The van der Waals surface area contributed by atoms with Crippen molar-refractivity contribution in [3.8, 4) is 6.07 Å². The molecule has 0 spiro atoms. The number of rotatable bonds is 7. The number of nitrogens with one attached hydrogen (secondary N) is 1. The molecule has 0 bridgehead atoms. The van der Waals surface area contributed by atoms with E-state index in [0.717, 1.165) is 0 Å². The highest BCUT2D eigenvalue weighted by Gasteiger charge is 2.15. The van der Waals surface area contributed by atoms with Crippen LogP contribution in [0.25, 0.3) is 0 Å². The Morgan fingerprint density at radius 3 is 2.63 bits per heavy atom. The van der Waals surface area contributed by atoms with Crippen LogP contribution in [0, 0.1) is 11.3 Å². The number of carbonyl (C=O) groups excluding carboxylic acids is 3. The summed E-state index contributed by atoms with van der Waals surface area (Å²) in [7, 11) is 0. The topological polar surface area (TPSA) is 96.3 Å². The average molecular weight is 403 g/mol. The molecule has 0 unspecified atom stereocenters. The first-order chi connectivity index (χ1) is 12.9. The standard InChI is InChI=1S/C19H15ClN2O4S/c1-12(23)11-27-17-5-3-2-4-15(17)19(25)26-10-18(24)22-14-7-6-13(9-21)16(20)8-14/h2-8H,10-11H2,1H3,(H,22,24). The Hall–Kier alpha value is -2.82. The van der Waals surface area contributed by atoms with Crippen molar-refractivity contribution in [1.82, 2.24) is 0 Å². The van der Waals surface area contributed by atoms with Gasteiger partial charge >= 0.3 is 5.97 Å². The summed E-state index contributed by atoms with van der Waals surface area (Å²) in [5.41, 5.74) is 0.969. The number of Topliss-reactive ketones (excluding diaryl/α,β-unsaturated/α-hetero) is 1. The molecule has 0 saturated carbocycles. The Labute approximate surface area is 165 Å². The minimum Gasteiger partial charge on any atom is -0.452 e. The number of ether oxygens (including phenoxy) is 1. The van der Waals surface area contributed by atoms with E-state index in [4.69, 9.17) is 21.6 Å². The predicted octanol–water partition coefficient (Wildman–Crippen LogP) is 3.69. The van der Waals surface area contributed by atoms with E-state index in [1.165, 1.54) is 36.9 Å². The Balaban J connectivity index is 1.95. The van der Waals surface area contributed by atoms with E-state index in [0.29, 0.717) is 16.1 Å². The van der Waals surface area contributed by atoms with Crippen LogP contribution in [0.4, 0.5) is 5.69 Å². The summed E-state index contributed by atoms with van der Waals surface area (Å²) in [6, 6.07) is 13.1. The van der Waals surface area contributed by atoms with Gasteiger partial charge in [-0.3, -0.25) is 9.59 Å². The molecule has 8 heteroatoms. The van der Waals surface area contributed by atoms with E-state index in [9.17, 15) is 14.4 Å². The predicted molar refractivity (Wildman–Crippen MR) is 103 cm³/mol. The third-order valence-corrected chi connectivity index (χ3v) is 4.78. The van der Waals surface area contributed by atoms with Crippen LogP contribution in [0.15, 0.2) is 47.4 Å². The van der Waals surface area contributed by atoms with Crippen molar-refractivity contribution >= 4 is 46.7 Å². The van der Waals surface area contributed by atoms with Crippen LogP contribution in [0.3, 0.4) is 0 Å². The van der Waals surface area contributed by atoms with Crippen molar-refractivity contribution in [3.63, 3.8) is 0 Å². The molecule has 0 atom stereocenters. The van der Waals surface area contributed by atoms with Crippen molar-refractivity contribution in [3.05, 3.63) is 58.6 Å². The molecule has 0 heterocycles. The third-order valence-electron chi connectivity index (χ3n) is 3.25. The van der Waals surface area contributed by atoms with Crippen LogP contribution in [0.2, 0.25) is 5.02 Å². The fourth-order valence-corrected chi connectivity index (χ4v) is 3.09. The summed E-state index contributed by atoms with van der Waals surface area (Å²) in [6.07, 6.45) is 0. The molecular weight excluding hydrogens is 388 g/mol. The molecule has 2 rings (SSSR count). The maximum Gasteiger partial charge on any atom is 0.339 e. The molecule has 0 aliphatic carbocycles. The summed E-state index contributed by atoms with van der Waals surface area (Å²) in [5.74, 6) is -0.971. The molecule has 0 saturated heterocycles. The highest BCUT2D eigenvalue weighted by atomic mass is 35.5. The van der Waals surface area contributed by atoms with Gasteiger partial charge in [0.25, 0.3) is 5.91 Å². The van der Waals surface area contributed by atoms with E-state index < -0.39 is 18.5 Å². The largest absolute Gasteiger partial charge is 0.452 e. The first-order valence-corrected chi connectivity index (χ1v) is 9.15. The van der Waals surface area contributed by atoms with Crippen LogP contribution < -0.4 is 5.32 Å². The number of halogens is 1. The van der Waals surface area contributed by atoms with Gasteiger partial charge in [0.2, 0.25) is 0 Å². The van der Waals surface area contributed by atoms with Gasteiger partial charge in [-0.15, -0.1) is 11.8 Å². The van der Waals surface area contributed by atoms with Crippen molar-refractivity contribution in [2.45, 2.75) is 11.8 Å². The number of nitrogens with zero attached hydrogens (tertiary/aromatic N) is 1. The monoisotopic (exact) mass is 402 g/mol. The fourth-order valence-electron chi connectivity index (χ4n) is 2.03. The second-order valence-electron chi connectivity index (χ2n) is 5.42. The number of hydrogen-bond acceptors (Lipinski definition) is 6. The van der Waals surface area contributed by atoms with E-state index in [-0.39, 0.29) is 22.1 Å². The van der Waals surface area contributed by atoms with E-state index in [1.54, 1.807) is 24.3 Å². The lowest BCUT2D eigenvalue weighted by Crippen LogP contribution is -2.21. The number of amides is 1. The molecule has 27 heavy (non-hydrogen) atoms. The Morgan fingerprint density at radius 1 is 1.22 bits per heavy atom. The first kappa shape index (κ1) is 20.5. The maximum atomic E-state index is 12.2. The zero-order chi connectivity index (χ0) is 19.8. The Morgan fingerprint density at radius 2 is 1.96 bits per heavy atom. The second kappa shape index (κ2) is 9.76. The number of benzene rings is 2. The quantitative estimate of drug-likeness (QED) is 0.560. The highest BCUT2D eigenvalue weighted by Crippen LogP contribution is 2.23. The average Bonchev–Trinajstić information content (AvgIpc) is 2.65. The zero-order valence-corrected chi connectivity index (χ0v) is 15.9. The van der Waals surface area contributed by atoms with Gasteiger partial charge in [0.15, 0.2) is 6.61 Å². The summed E-state index contributed by atoms with van der Waals surface area (Å²) >= 11 is 7.14. The van der Waals surface area contributed by atoms with Gasteiger partial charge in [-0.1, -0.05) is 23.7 Å². The summed E-state index contributed by atoms with van der Waals surface area (Å²) in [6.45, 7) is 0.982. The highest BCUT2D eigenvalue weighted by molar-refractivity contribution is 8.00. The summed E-state index contributed by atoms with van der Waals surface area (Å²) in [4.78, 5) is 36.0. The van der Waals surface area contributed by atoms with Gasteiger partial charge in [0, 0.05) is 10.6 Å². The molecule has 0 aromatic heterocycles. The van der Waals surface area contributed by atoms with Gasteiger partial charge in [-0.2, -0.15) is 5.26 Å². The molecule has 1 amide bonds. The Kier molecular flexibility index (Phi) is 7.41. The molecule has 2 aromatic rings. The summed E-state index contributed by atoms with van der Waals surface area (Å²) < 4.78 is 5.05. The number of carbonyl (C=O) groups is 3. The zero-order valence-electron chi connectivity index (χ0n) is 14.3. The molecule has 6 nitrogen and oxygen atoms in total. The first-order valence-electron chi connectivity index (χ1n) is 7.78. The number of ketones is 1. The van der Waals surface area contributed by atoms with Crippen LogP contribution in [0.5, 0.6) is 0 Å². The molecule has 0 radical (unpaired) electrons. The molecule has 0 aliphatic heterocycles. The maximum absolute atomic E-state index is 12.2. The van der Waals surface area contributed by atoms with Crippen LogP contribution in [0.1, 0.15) is 22.8 Å². The number of hydrogen-bond donors (Lipinski definition) is 1. The van der Waals surface area contributed by atoms with Crippen molar-refractivity contribution in [2.24, 2.45) is 0 Å². The lowest BCUT2D eigenvalue weighted by atomic mass is 10.2. The lowest BCUT2D eigenvalue weighted by molar-refractivity contribution is -0.119. The second-order valence-corrected chi connectivity index (χ2v) is 6.84. The molecule has 0 fully saturated rings. The third kappa shape index (κ3) is 6.13. The SMILES string of the molecule is CC(=O)CSc1ccccc1C(=O)OCC(=O)Nc1ccc(C#N)c(Cl)c1. The van der Waals surface area contributed by atoms with Crippen LogP contribution in [-0.2, 0) is 14.3 Å². The van der Waals surface area contributed by atoms with Crippen LogP contribution in [-0.4, -0.2) is 30.0 Å². The van der Waals surface area contributed by atoms with Gasteiger partial charge in [-0.25, -0.2) is 4.79 Å². The lowest BCUT2D eigenvalue weighted by Gasteiger charge is -2.09. The molecule has 138 valence electrons. The fraction of sp³-hybridized carbons (Fsp3) is 0.158. The van der Waals surface area contributed by atoms with Gasteiger partial charge in [-0.05, 0) is 37.3 Å². The van der Waals surface area contributed by atoms with Crippen LogP contribution >= 0.6 is 23.4 Å². The van der Waals surface area contributed by atoms with Gasteiger partial charge in [0.1, 0.15) is 11.9 Å². The number of anilines is 1. The minimum atomic E-state index is -0.658. The van der Waals surface area contributed by atoms with Crippen molar-refractivity contribution in [1.29, 1.82) is 5.26 Å². The van der Waals surface area contributed by atoms with E-state index >= 15 is 0 Å². The van der Waals surface area contributed by atoms with E-state index in [2.05, 4.69) is 5.32 Å². The molecule has 2 aromatic carbocycles. The molecule has 1 N–H and O–H groups in total. The smallest absolute Gasteiger partial charge is 0.339 e. The number of esters is 1. The molecule has 0 aliphatic rings. The van der Waals surface area contributed by atoms with Crippen molar-refractivity contribution in [2.75, 3.05) is 17.7 Å². The van der Waals surface area contributed by atoms with Gasteiger partial charge in [0.05, 0.1) is 21.9 Å². The normalized spacial score (nSPS) is 9.96. The number of thioether (sulfide) groups is 1. The number of nitriles is 1.